The fourth-order valence-electron chi connectivity index (χ4n) is 2.37. The lowest BCUT2D eigenvalue weighted by Crippen LogP contribution is -2.23. The summed E-state index contributed by atoms with van der Waals surface area (Å²) < 4.78 is 45.4. The number of carbonyl (C=O) groups excluding carboxylic acids is 1. The van der Waals surface area contributed by atoms with E-state index in [0.29, 0.717) is 17.0 Å². The molecule has 0 aliphatic carbocycles. The van der Waals surface area contributed by atoms with Crippen LogP contribution in [0.3, 0.4) is 0 Å². The molecular weight excluding hydrogens is 371 g/mol. The third-order valence-corrected chi connectivity index (χ3v) is 5.31. The number of furan rings is 1. The fourth-order valence-corrected chi connectivity index (χ4v) is 3.36. The van der Waals surface area contributed by atoms with Gasteiger partial charge < -0.3 is 9.73 Å². The van der Waals surface area contributed by atoms with E-state index in [-0.39, 0.29) is 17.0 Å². The first kappa shape index (κ1) is 18.8. The van der Waals surface area contributed by atoms with E-state index in [1.165, 1.54) is 42.7 Å². The summed E-state index contributed by atoms with van der Waals surface area (Å²) >= 11 is 0. The van der Waals surface area contributed by atoms with Gasteiger partial charge in [-0.3, -0.25) is 4.79 Å². The minimum absolute atomic E-state index is 0.0209. The van der Waals surface area contributed by atoms with Crippen molar-refractivity contribution in [3.05, 3.63) is 83.6 Å². The van der Waals surface area contributed by atoms with Crippen LogP contribution in [-0.2, 0) is 16.6 Å². The van der Waals surface area contributed by atoms with E-state index in [1.807, 2.05) is 0 Å². The zero-order valence-electron chi connectivity index (χ0n) is 14.4. The minimum atomic E-state index is -3.74. The molecule has 0 bridgehead atoms. The van der Waals surface area contributed by atoms with Crippen LogP contribution >= 0.6 is 0 Å². The molecule has 0 radical (unpaired) electrons. The van der Waals surface area contributed by atoms with E-state index in [4.69, 9.17) is 4.42 Å². The summed E-state index contributed by atoms with van der Waals surface area (Å²) in [6.45, 7) is 1.77. The smallest absolute Gasteiger partial charge is 0.255 e. The van der Waals surface area contributed by atoms with Crippen LogP contribution in [0.5, 0.6) is 0 Å². The number of hydrogen-bond donors (Lipinski definition) is 2. The topological polar surface area (TPSA) is 88.4 Å². The molecule has 1 aromatic heterocycles. The van der Waals surface area contributed by atoms with Crippen molar-refractivity contribution >= 4 is 21.6 Å². The molecule has 1 heterocycles. The van der Waals surface area contributed by atoms with Gasteiger partial charge in [0, 0.05) is 11.3 Å². The van der Waals surface area contributed by atoms with E-state index in [0.717, 1.165) is 0 Å². The monoisotopic (exact) mass is 388 g/mol. The second-order valence-corrected chi connectivity index (χ2v) is 7.61. The minimum Gasteiger partial charge on any atom is -0.468 e. The number of nitrogens with one attached hydrogen (secondary N) is 2. The standard InChI is InChI=1S/C19H17FN2O4S/c1-13-4-7-15(20)11-18(13)22-19(23)14-5-8-17(9-6-14)27(24,25)21-12-16-3-2-10-26-16/h2-11,21H,12H2,1H3,(H,22,23). The number of aryl methyl sites for hydroxylation is 1. The van der Waals surface area contributed by atoms with E-state index < -0.39 is 21.7 Å². The summed E-state index contributed by atoms with van der Waals surface area (Å²) in [5.74, 6) is -0.434. The molecule has 0 saturated heterocycles. The molecule has 0 fully saturated rings. The van der Waals surface area contributed by atoms with Crippen molar-refractivity contribution in [2.24, 2.45) is 0 Å². The van der Waals surface area contributed by atoms with E-state index in [9.17, 15) is 17.6 Å². The predicted octanol–water partition coefficient (Wildman–Crippen LogP) is 3.46. The summed E-state index contributed by atoms with van der Waals surface area (Å²) in [5, 5.41) is 2.61. The molecule has 2 N–H and O–H groups in total. The molecule has 8 heteroatoms. The Morgan fingerprint density at radius 2 is 1.85 bits per heavy atom. The number of hydrogen-bond acceptors (Lipinski definition) is 4. The molecule has 0 saturated carbocycles. The Morgan fingerprint density at radius 1 is 1.11 bits per heavy atom. The van der Waals surface area contributed by atoms with E-state index in [1.54, 1.807) is 25.1 Å². The van der Waals surface area contributed by atoms with Crippen LogP contribution in [-0.4, -0.2) is 14.3 Å². The number of halogens is 1. The average molecular weight is 388 g/mol. The first-order valence-electron chi connectivity index (χ1n) is 8.05. The lowest BCUT2D eigenvalue weighted by Gasteiger charge is -2.09. The van der Waals surface area contributed by atoms with Crippen LogP contribution in [0.1, 0.15) is 21.7 Å². The molecule has 140 valence electrons. The predicted molar refractivity (Wildman–Crippen MR) is 98.3 cm³/mol. The molecule has 3 rings (SSSR count). The third-order valence-electron chi connectivity index (χ3n) is 3.89. The summed E-state index contributed by atoms with van der Waals surface area (Å²) in [7, 11) is -3.74. The number of anilines is 1. The lowest BCUT2D eigenvalue weighted by molar-refractivity contribution is 0.102. The zero-order chi connectivity index (χ0) is 19.4. The summed E-state index contributed by atoms with van der Waals surface area (Å²) in [6, 6.07) is 12.9. The van der Waals surface area contributed by atoms with Crippen molar-refractivity contribution < 1.29 is 22.0 Å². The Labute approximate surface area is 156 Å². The molecule has 0 spiro atoms. The summed E-state index contributed by atoms with van der Waals surface area (Å²) in [6.07, 6.45) is 1.46. The highest BCUT2D eigenvalue weighted by molar-refractivity contribution is 7.89. The van der Waals surface area contributed by atoms with Gasteiger partial charge in [-0.1, -0.05) is 6.07 Å². The van der Waals surface area contributed by atoms with Gasteiger partial charge >= 0.3 is 0 Å². The van der Waals surface area contributed by atoms with Crippen LogP contribution in [0.25, 0.3) is 0 Å². The van der Waals surface area contributed by atoms with Crippen LogP contribution < -0.4 is 10.0 Å². The summed E-state index contributed by atoms with van der Waals surface area (Å²) in [5.41, 5.74) is 1.33. The van der Waals surface area contributed by atoms with Gasteiger partial charge in [-0.2, -0.15) is 0 Å². The normalized spacial score (nSPS) is 11.3. The van der Waals surface area contributed by atoms with Crippen LogP contribution in [0.15, 0.2) is 70.2 Å². The number of rotatable bonds is 6. The van der Waals surface area contributed by atoms with Crippen molar-refractivity contribution in [2.45, 2.75) is 18.4 Å². The van der Waals surface area contributed by atoms with Gasteiger partial charge in [0.05, 0.1) is 17.7 Å². The van der Waals surface area contributed by atoms with Crippen LogP contribution in [0, 0.1) is 12.7 Å². The molecule has 3 aromatic rings. The highest BCUT2D eigenvalue weighted by Gasteiger charge is 2.16. The summed E-state index contributed by atoms with van der Waals surface area (Å²) in [4.78, 5) is 12.3. The quantitative estimate of drug-likeness (QED) is 0.677. The van der Waals surface area contributed by atoms with Gasteiger partial charge in [0.2, 0.25) is 10.0 Å². The van der Waals surface area contributed by atoms with Crippen molar-refractivity contribution in [1.82, 2.24) is 4.72 Å². The first-order chi connectivity index (χ1) is 12.8. The second-order valence-electron chi connectivity index (χ2n) is 5.84. The Balaban J connectivity index is 1.70. The maximum absolute atomic E-state index is 13.3. The maximum Gasteiger partial charge on any atom is 0.255 e. The zero-order valence-corrected chi connectivity index (χ0v) is 15.2. The van der Waals surface area contributed by atoms with E-state index in [2.05, 4.69) is 10.0 Å². The van der Waals surface area contributed by atoms with Gasteiger partial charge in [-0.25, -0.2) is 17.5 Å². The molecule has 2 aromatic carbocycles. The second kappa shape index (κ2) is 7.73. The van der Waals surface area contributed by atoms with Gasteiger partial charge in [-0.15, -0.1) is 0 Å². The Kier molecular flexibility index (Phi) is 5.38. The Morgan fingerprint density at radius 3 is 2.52 bits per heavy atom. The lowest BCUT2D eigenvalue weighted by atomic mass is 10.1. The molecular formula is C19H17FN2O4S. The highest BCUT2D eigenvalue weighted by Crippen LogP contribution is 2.18. The van der Waals surface area contributed by atoms with Crippen molar-refractivity contribution in [3.8, 4) is 0 Å². The van der Waals surface area contributed by atoms with Gasteiger partial charge in [-0.05, 0) is 61.0 Å². The van der Waals surface area contributed by atoms with Crippen molar-refractivity contribution in [1.29, 1.82) is 0 Å². The first-order valence-corrected chi connectivity index (χ1v) is 9.53. The number of benzene rings is 2. The number of carbonyl (C=O) groups is 1. The van der Waals surface area contributed by atoms with Gasteiger partial charge in [0.25, 0.3) is 5.91 Å². The average Bonchev–Trinajstić information content (AvgIpc) is 3.17. The SMILES string of the molecule is Cc1ccc(F)cc1NC(=O)c1ccc(S(=O)(=O)NCc2ccco2)cc1. The number of amides is 1. The Hall–Kier alpha value is -2.97. The van der Waals surface area contributed by atoms with Gasteiger partial charge in [0.1, 0.15) is 11.6 Å². The fraction of sp³-hybridized carbons (Fsp3) is 0.105. The molecule has 6 nitrogen and oxygen atoms in total. The van der Waals surface area contributed by atoms with Gasteiger partial charge in [0.15, 0.2) is 0 Å². The maximum atomic E-state index is 13.3. The van der Waals surface area contributed by atoms with Crippen molar-refractivity contribution in [3.63, 3.8) is 0 Å². The largest absolute Gasteiger partial charge is 0.468 e. The van der Waals surface area contributed by atoms with Crippen molar-refractivity contribution in [2.75, 3.05) is 5.32 Å². The Bertz CT molecular complexity index is 1050. The molecule has 0 atom stereocenters. The van der Waals surface area contributed by atoms with E-state index >= 15 is 0 Å². The number of sulfonamides is 1. The third kappa shape index (κ3) is 4.60. The highest BCUT2D eigenvalue weighted by atomic mass is 32.2. The molecule has 1 amide bonds. The van der Waals surface area contributed by atoms with Crippen LogP contribution in [0.4, 0.5) is 10.1 Å². The van der Waals surface area contributed by atoms with Crippen LogP contribution in [0.2, 0.25) is 0 Å². The molecule has 27 heavy (non-hydrogen) atoms. The molecule has 0 aliphatic heterocycles. The molecule has 0 aliphatic rings. The molecule has 0 unspecified atom stereocenters.